The summed E-state index contributed by atoms with van der Waals surface area (Å²) in [7, 11) is 1.44. The van der Waals surface area contributed by atoms with Gasteiger partial charge in [-0.2, -0.15) is 0 Å². The molecule has 6 heteroatoms. The molecule has 1 fully saturated rings. The van der Waals surface area contributed by atoms with Crippen LogP contribution >= 0.6 is 0 Å². The Balaban J connectivity index is 1.50. The second kappa shape index (κ2) is 6.50. The number of carbonyl (C=O) groups excluding carboxylic acids is 3. The fourth-order valence-corrected chi connectivity index (χ4v) is 2.52. The molecule has 1 aliphatic heterocycles. The summed E-state index contributed by atoms with van der Waals surface area (Å²) in [5, 5.41) is 2.80. The van der Waals surface area contributed by atoms with Gasteiger partial charge in [-0.3, -0.25) is 19.3 Å². The van der Waals surface area contributed by atoms with Crippen LogP contribution in [-0.2, 0) is 4.74 Å². The lowest BCUT2D eigenvalue weighted by molar-refractivity contribution is 0.0693. The average Bonchev–Trinajstić information content (AvgIpc) is 3.36. The summed E-state index contributed by atoms with van der Waals surface area (Å²) in [6.07, 6.45) is 3.29. The van der Waals surface area contributed by atoms with E-state index >= 15 is 0 Å². The Bertz CT molecular complexity index is 652. The van der Waals surface area contributed by atoms with Crippen molar-refractivity contribution in [3.05, 3.63) is 34.9 Å². The Kier molecular flexibility index (Phi) is 4.43. The topological polar surface area (TPSA) is 75.7 Å². The molecule has 3 rings (SSSR count). The van der Waals surface area contributed by atoms with Crippen molar-refractivity contribution in [1.82, 2.24) is 10.2 Å². The molecular weight excluding hydrogens is 296 g/mol. The van der Waals surface area contributed by atoms with Crippen LogP contribution in [0.2, 0.25) is 0 Å². The summed E-state index contributed by atoms with van der Waals surface area (Å²) >= 11 is 0. The van der Waals surface area contributed by atoms with Gasteiger partial charge in [0.05, 0.1) is 11.1 Å². The SMILES string of the molecule is CN1C(=O)c2ccc(C(=O)NCCCOCC3CC3)cc2C1=O. The van der Waals surface area contributed by atoms with Crippen LogP contribution in [0.25, 0.3) is 0 Å². The molecule has 23 heavy (non-hydrogen) atoms. The minimum Gasteiger partial charge on any atom is -0.381 e. The van der Waals surface area contributed by atoms with Crippen molar-refractivity contribution in [3.63, 3.8) is 0 Å². The van der Waals surface area contributed by atoms with Crippen LogP contribution in [0.5, 0.6) is 0 Å². The van der Waals surface area contributed by atoms with E-state index in [2.05, 4.69) is 5.32 Å². The van der Waals surface area contributed by atoms with Crippen LogP contribution < -0.4 is 5.32 Å². The van der Waals surface area contributed by atoms with E-state index in [1.165, 1.54) is 32.0 Å². The van der Waals surface area contributed by atoms with Gasteiger partial charge in [0.1, 0.15) is 0 Å². The third-order valence-electron chi connectivity index (χ3n) is 4.15. The monoisotopic (exact) mass is 316 g/mol. The molecular formula is C17H20N2O4. The van der Waals surface area contributed by atoms with Crippen molar-refractivity contribution in [1.29, 1.82) is 0 Å². The molecule has 1 aliphatic carbocycles. The molecule has 0 radical (unpaired) electrons. The maximum atomic E-state index is 12.1. The molecule has 6 nitrogen and oxygen atoms in total. The molecule has 0 atom stereocenters. The van der Waals surface area contributed by atoms with Crippen LogP contribution in [0.4, 0.5) is 0 Å². The van der Waals surface area contributed by atoms with Crippen LogP contribution in [0.3, 0.4) is 0 Å². The Hall–Kier alpha value is -2.21. The van der Waals surface area contributed by atoms with Crippen LogP contribution in [0, 0.1) is 5.92 Å². The van der Waals surface area contributed by atoms with Crippen molar-refractivity contribution in [2.45, 2.75) is 19.3 Å². The number of fused-ring (bicyclic) bond motifs is 1. The van der Waals surface area contributed by atoms with Gasteiger partial charge in [-0.25, -0.2) is 0 Å². The van der Waals surface area contributed by atoms with Crippen LogP contribution in [0.1, 0.15) is 50.3 Å². The number of nitrogens with zero attached hydrogens (tertiary/aromatic N) is 1. The quantitative estimate of drug-likeness (QED) is 0.610. The van der Waals surface area contributed by atoms with Crippen molar-refractivity contribution in [2.75, 3.05) is 26.8 Å². The molecule has 1 N–H and O–H groups in total. The first-order valence-electron chi connectivity index (χ1n) is 7.90. The molecule has 1 heterocycles. The first-order chi connectivity index (χ1) is 11.1. The van der Waals surface area contributed by atoms with E-state index in [0.29, 0.717) is 24.3 Å². The second-order valence-corrected chi connectivity index (χ2v) is 6.06. The number of hydrogen-bond donors (Lipinski definition) is 1. The number of amides is 3. The van der Waals surface area contributed by atoms with Gasteiger partial charge in [0.25, 0.3) is 17.7 Å². The predicted molar refractivity (Wildman–Crippen MR) is 83.4 cm³/mol. The molecule has 122 valence electrons. The first-order valence-corrected chi connectivity index (χ1v) is 7.90. The Morgan fingerprint density at radius 3 is 2.74 bits per heavy atom. The lowest BCUT2D eigenvalue weighted by Crippen LogP contribution is -2.25. The number of rotatable bonds is 7. The molecule has 1 aromatic carbocycles. The maximum Gasteiger partial charge on any atom is 0.261 e. The molecule has 0 bridgehead atoms. The molecule has 0 spiro atoms. The number of carbonyl (C=O) groups is 3. The van der Waals surface area contributed by atoms with Gasteiger partial charge in [-0.05, 0) is 43.4 Å². The van der Waals surface area contributed by atoms with E-state index in [0.717, 1.165) is 23.8 Å². The zero-order valence-corrected chi connectivity index (χ0v) is 13.1. The largest absolute Gasteiger partial charge is 0.381 e. The highest BCUT2D eigenvalue weighted by Crippen LogP contribution is 2.28. The van der Waals surface area contributed by atoms with E-state index in [-0.39, 0.29) is 23.3 Å². The highest BCUT2D eigenvalue weighted by molar-refractivity contribution is 6.21. The minimum atomic E-state index is -0.367. The maximum absolute atomic E-state index is 12.1. The van der Waals surface area contributed by atoms with Crippen molar-refractivity contribution in [2.24, 2.45) is 5.92 Å². The smallest absolute Gasteiger partial charge is 0.261 e. The van der Waals surface area contributed by atoms with Gasteiger partial charge in [-0.1, -0.05) is 0 Å². The van der Waals surface area contributed by atoms with E-state index in [4.69, 9.17) is 4.74 Å². The lowest BCUT2D eigenvalue weighted by Gasteiger charge is -2.07. The Morgan fingerprint density at radius 1 is 1.26 bits per heavy atom. The number of hydrogen-bond acceptors (Lipinski definition) is 4. The molecule has 0 aromatic heterocycles. The highest BCUT2D eigenvalue weighted by atomic mass is 16.5. The Morgan fingerprint density at radius 2 is 2.00 bits per heavy atom. The summed E-state index contributed by atoms with van der Waals surface area (Å²) in [5.74, 6) is -0.197. The first kappa shape index (κ1) is 15.7. The normalized spacial score (nSPS) is 16.7. The van der Waals surface area contributed by atoms with Gasteiger partial charge < -0.3 is 10.1 Å². The fourth-order valence-electron chi connectivity index (χ4n) is 2.52. The number of nitrogens with one attached hydrogen (secondary N) is 1. The van der Waals surface area contributed by atoms with Crippen molar-refractivity contribution in [3.8, 4) is 0 Å². The summed E-state index contributed by atoms with van der Waals surface area (Å²) in [5.41, 5.74) is 1.03. The Labute approximate surface area is 134 Å². The zero-order valence-electron chi connectivity index (χ0n) is 13.1. The van der Waals surface area contributed by atoms with Gasteiger partial charge in [0.2, 0.25) is 0 Å². The molecule has 0 unspecified atom stereocenters. The van der Waals surface area contributed by atoms with Gasteiger partial charge in [0.15, 0.2) is 0 Å². The van der Waals surface area contributed by atoms with E-state index in [1.54, 1.807) is 6.07 Å². The summed E-state index contributed by atoms with van der Waals surface area (Å²) in [4.78, 5) is 36.9. The molecule has 1 aromatic rings. The molecule has 3 amide bonds. The lowest BCUT2D eigenvalue weighted by atomic mass is 10.1. The van der Waals surface area contributed by atoms with Gasteiger partial charge >= 0.3 is 0 Å². The van der Waals surface area contributed by atoms with Crippen molar-refractivity contribution < 1.29 is 19.1 Å². The van der Waals surface area contributed by atoms with E-state index in [1.807, 2.05) is 0 Å². The zero-order chi connectivity index (χ0) is 16.4. The molecule has 1 saturated carbocycles. The van der Waals surface area contributed by atoms with Gasteiger partial charge in [-0.15, -0.1) is 0 Å². The van der Waals surface area contributed by atoms with E-state index in [9.17, 15) is 14.4 Å². The van der Waals surface area contributed by atoms with Crippen LogP contribution in [0.15, 0.2) is 18.2 Å². The summed E-state index contributed by atoms with van der Waals surface area (Å²) in [6.45, 7) is 1.98. The van der Waals surface area contributed by atoms with Crippen LogP contribution in [-0.4, -0.2) is 49.4 Å². The third-order valence-corrected chi connectivity index (χ3v) is 4.15. The second-order valence-electron chi connectivity index (χ2n) is 6.06. The predicted octanol–water partition coefficient (Wildman–Crippen LogP) is 1.46. The molecule has 0 saturated heterocycles. The number of imide groups is 1. The highest BCUT2D eigenvalue weighted by Gasteiger charge is 2.33. The molecule has 2 aliphatic rings. The average molecular weight is 316 g/mol. The van der Waals surface area contributed by atoms with E-state index < -0.39 is 0 Å². The summed E-state index contributed by atoms with van der Waals surface area (Å²) in [6, 6.07) is 4.59. The minimum absolute atomic E-state index is 0.246. The standard InChI is InChI=1S/C17H20N2O4/c1-19-16(21)13-6-5-12(9-14(13)17(19)22)15(20)18-7-2-8-23-10-11-3-4-11/h5-6,9,11H,2-4,7-8,10H2,1H3,(H,18,20). The summed E-state index contributed by atoms with van der Waals surface area (Å²) < 4.78 is 5.50. The van der Waals surface area contributed by atoms with Crippen molar-refractivity contribution >= 4 is 17.7 Å². The fraction of sp³-hybridized carbons (Fsp3) is 0.471. The van der Waals surface area contributed by atoms with Gasteiger partial charge in [0, 0.05) is 32.4 Å². The number of ether oxygens (including phenoxy) is 1. The third kappa shape index (κ3) is 3.42. The number of benzene rings is 1.